The molecular weight excluding hydrogens is 368 g/mol. The van der Waals surface area contributed by atoms with Crippen molar-refractivity contribution in [2.45, 2.75) is 6.54 Å². The smallest absolute Gasteiger partial charge is 0.178 e. The molecule has 0 aliphatic rings. The van der Waals surface area contributed by atoms with Crippen molar-refractivity contribution in [1.29, 1.82) is 0 Å². The van der Waals surface area contributed by atoms with E-state index in [9.17, 15) is 0 Å². The lowest BCUT2D eigenvalue weighted by Gasteiger charge is -2.08. The second-order valence-corrected chi connectivity index (χ2v) is 7.18. The van der Waals surface area contributed by atoms with Crippen LogP contribution < -0.4 is 10.1 Å². The lowest BCUT2D eigenvalue weighted by molar-refractivity contribution is 0.314. The molecule has 2 aromatic heterocycles. The van der Waals surface area contributed by atoms with Gasteiger partial charge >= 0.3 is 0 Å². The van der Waals surface area contributed by atoms with E-state index in [2.05, 4.69) is 10.5 Å². The maximum atomic E-state index is 5.89. The summed E-state index contributed by atoms with van der Waals surface area (Å²) in [6, 6.07) is 17.7. The predicted molar refractivity (Wildman–Crippen MR) is 106 cm³/mol. The second kappa shape index (κ2) is 7.91. The average Bonchev–Trinajstić information content (AvgIpc) is 3.27. The van der Waals surface area contributed by atoms with E-state index in [1.807, 2.05) is 60.0 Å². The zero-order valence-corrected chi connectivity index (χ0v) is 15.5. The van der Waals surface area contributed by atoms with Crippen LogP contribution in [-0.4, -0.2) is 18.3 Å². The van der Waals surface area contributed by atoms with Gasteiger partial charge in [0.2, 0.25) is 0 Å². The molecule has 26 heavy (non-hydrogen) atoms. The molecule has 0 radical (unpaired) electrons. The van der Waals surface area contributed by atoms with Crippen molar-refractivity contribution in [2.75, 3.05) is 13.2 Å². The molecule has 2 aromatic carbocycles. The summed E-state index contributed by atoms with van der Waals surface area (Å²) in [5, 5.41) is 10.3. The van der Waals surface area contributed by atoms with Crippen LogP contribution in [0, 0.1) is 0 Å². The highest BCUT2D eigenvalue weighted by atomic mass is 35.5. The van der Waals surface area contributed by atoms with Crippen LogP contribution in [0.25, 0.3) is 21.5 Å². The topological polar surface area (TPSA) is 47.3 Å². The maximum absolute atomic E-state index is 5.89. The molecular formula is C20H17ClN2O2S. The molecule has 0 aliphatic heterocycles. The third-order valence-corrected chi connectivity index (χ3v) is 5.13. The molecule has 2 heterocycles. The van der Waals surface area contributed by atoms with E-state index >= 15 is 0 Å². The van der Waals surface area contributed by atoms with Gasteiger partial charge < -0.3 is 14.6 Å². The quantitative estimate of drug-likeness (QED) is 0.434. The molecule has 0 fully saturated rings. The van der Waals surface area contributed by atoms with E-state index < -0.39 is 0 Å². The molecule has 0 bridgehead atoms. The van der Waals surface area contributed by atoms with Crippen molar-refractivity contribution in [3.63, 3.8) is 0 Å². The Morgan fingerprint density at radius 1 is 1.12 bits per heavy atom. The fraction of sp³-hybridized carbons (Fsp3) is 0.150. The summed E-state index contributed by atoms with van der Waals surface area (Å²) in [4.78, 5) is 0. The first-order valence-corrected chi connectivity index (χ1v) is 9.56. The van der Waals surface area contributed by atoms with E-state index in [1.54, 1.807) is 11.3 Å². The van der Waals surface area contributed by atoms with Crippen LogP contribution in [0.5, 0.6) is 5.75 Å². The van der Waals surface area contributed by atoms with Crippen LogP contribution in [0.3, 0.4) is 0 Å². The fourth-order valence-electron chi connectivity index (χ4n) is 2.67. The highest BCUT2D eigenvalue weighted by molar-refractivity contribution is 7.17. The minimum Gasteiger partial charge on any atom is -0.492 e. The number of benzene rings is 2. The Hall–Kier alpha value is -2.34. The Labute approximate surface area is 160 Å². The van der Waals surface area contributed by atoms with Gasteiger partial charge in [-0.2, -0.15) is 0 Å². The number of fused-ring (bicyclic) bond motifs is 1. The predicted octanol–water partition coefficient (Wildman–Crippen LogP) is 5.38. The van der Waals surface area contributed by atoms with E-state index in [1.165, 1.54) is 5.56 Å². The largest absolute Gasteiger partial charge is 0.492 e. The molecule has 0 amide bonds. The van der Waals surface area contributed by atoms with Gasteiger partial charge in [0.15, 0.2) is 5.58 Å². The number of hydrogen-bond donors (Lipinski definition) is 1. The lowest BCUT2D eigenvalue weighted by atomic mass is 10.1. The van der Waals surface area contributed by atoms with Crippen LogP contribution in [-0.2, 0) is 6.54 Å². The van der Waals surface area contributed by atoms with Crippen molar-refractivity contribution in [2.24, 2.45) is 0 Å². The van der Waals surface area contributed by atoms with Gasteiger partial charge in [0.25, 0.3) is 0 Å². The first kappa shape index (κ1) is 17.1. The van der Waals surface area contributed by atoms with E-state index in [0.717, 1.165) is 45.4 Å². The van der Waals surface area contributed by atoms with Crippen molar-refractivity contribution < 1.29 is 9.26 Å². The van der Waals surface area contributed by atoms with Gasteiger partial charge in [-0.25, -0.2) is 0 Å². The van der Waals surface area contributed by atoms with Crippen LogP contribution >= 0.6 is 22.9 Å². The van der Waals surface area contributed by atoms with E-state index in [0.29, 0.717) is 6.61 Å². The van der Waals surface area contributed by atoms with Crippen molar-refractivity contribution in [1.82, 2.24) is 10.5 Å². The van der Waals surface area contributed by atoms with Gasteiger partial charge in [-0.05, 0) is 41.3 Å². The number of nitrogens with zero attached hydrogens (tertiary/aromatic N) is 1. The molecule has 1 N–H and O–H groups in total. The zero-order valence-electron chi connectivity index (χ0n) is 13.9. The number of ether oxygens (including phenoxy) is 1. The minimum absolute atomic E-state index is 0.588. The summed E-state index contributed by atoms with van der Waals surface area (Å²) in [5.41, 5.74) is 3.88. The molecule has 132 valence electrons. The SMILES string of the molecule is Clc1ccc(CNCCOc2cccc(-c3noc4ccsc34)c2)cc1. The van der Waals surface area contributed by atoms with Gasteiger partial charge in [-0.15, -0.1) is 11.3 Å². The van der Waals surface area contributed by atoms with Crippen molar-refractivity contribution >= 4 is 33.2 Å². The molecule has 0 saturated heterocycles. The molecule has 0 aliphatic carbocycles. The van der Waals surface area contributed by atoms with Gasteiger partial charge in [0, 0.05) is 23.7 Å². The van der Waals surface area contributed by atoms with Gasteiger partial charge in [0.05, 0.1) is 0 Å². The third kappa shape index (κ3) is 3.90. The number of halogens is 1. The minimum atomic E-state index is 0.588. The highest BCUT2D eigenvalue weighted by Gasteiger charge is 2.12. The number of aromatic nitrogens is 1. The van der Waals surface area contributed by atoms with Crippen LogP contribution in [0.4, 0.5) is 0 Å². The molecule has 0 atom stereocenters. The molecule has 4 nitrogen and oxygen atoms in total. The van der Waals surface area contributed by atoms with Gasteiger partial charge in [0.1, 0.15) is 22.8 Å². The Kier molecular flexibility index (Phi) is 5.20. The molecule has 0 spiro atoms. The van der Waals surface area contributed by atoms with Crippen molar-refractivity contribution in [3.8, 4) is 17.0 Å². The molecule has 4 aromatic rings. The Morgan fingerprint density at radius 2 is 2.00 bits per heavy atom. The van der Waals surface area contributed by atoms with Crippen LogP contribution in [0.2, 0.25) is 5.02 Å². The summed E-state index contributed by atoms with van der Waals surface area (Å²) >= 11 is 7.52. The number of rotatable bonds is 7. The Morgan fingerprint density at radius 3 is 2.88 bits per heavy atom. The molecule has 0 saturated carbocycles. The first-order valence-electron chi connectivity index (χ1n) is 8.31. The number of nitrogens with one attached hydrogen (secondary N) is 1. The van der Waals surface area contributed by atoms with Crippen LogP contribution in [0.1, 0.15) is 5.56 Å². The monoisotopic (exact) mass is 384 g/mol. The second-order valence-electron chi connectivity index (χ2n) is 5.82. The summed E-state index contributed by atoms with van der Waals surface area (Å²) in [5.74, 6) is 0.823. The van der Waals surface area contributed by atoms with Gasteiger partial charge in [-0.1, -0.05) is 41.0 Å². The standard InChI is InChI=1S/C20H17ClN2O2S/c21-16-6-4-14(5-7-16)13-22-9-10-24-17-3-1-2-15(12-17)19-20-18(25-23-19)8-11-26-20/h1-8,11-12,22H,9-10,13H2. The maximum Gasteiger partial charge on any atom is 0.178 e. The van der Waals surface area contributed by atoms with Crippen molar-refractivity contribution in [3.05, 3.63) is 70.6 Å². The Bertz CT molecular complexity index is 994. The number of hydrogen-bond acceptors (Lipinski definition) is 5. The fourth-order valence-corrected chi connectivity index (χ4v) is 3.61. The first-order chi connectivity index (χ1) is 12.8. The van der Waals surface area contributed by atoms with E-state index in [-0.39, 0.29) is 0 Å². The zero-order chi connectivity index (χ0) is 17.8. The van der Waals surface area contributed by atoms with Crippen LogP contribution in [0.15, 0.2) is 64.5 Å². The molecule has 4 rings (SSSR count). The normalized spacial score (nSPS) is 11.1. The molecule has 0 unspecified atom stereocenters. The Balaban J connectivity index is 1.31. The highest BCUT2D eigenvalue weighted by Crippen LogP contribution is 2.33. The summed E-state index contributed by atoms with van der Waals surface area (Å²) < 4.78 is 12.3. The third-order valence-electron chi connectivity index (χ3n) is 3.98. The molecule has 6 heteroatoms. The lowest BCUT2D eigenvalue weighted by Crippen LogP contribution is -2.20. The summed E-state index contributed by atoms with van der Waals surface area (Å²) in [7, 11) is 0. The summed E-state index contributed by atoms with van der Waals surface area (Å²) in [6.45, 7) is 2.13. The summed E-state index contributed by atoms with van der Waals surface area (Å²) in [6.07, 6.45) is 0. The van der Waals surface area contributed by atoms with Gasteiger partial charge in [-0.3, -0.25) is 0 Å². The average molecular weight is 385 g/mol. The van der Waals surface area contributed by atoms with E-state index in [4.69, 9.17) is 20.9 Å². The number of thiophene rings is 1.